The molecule has 2 amide bonds. The first kappa shape index (κ1) is 22.3. The number of ether oxygens (including phenoxy) is 1. The molecular formula is C27H27N3O3S. The quantitative estimate of drug-likeness (QED) is 0.553. The van der Waals surface area contributed by atoms with E-state index < -0.39 is 0 Å². The Morgan fingerprint density at radius 1 is 0.912 bits per heavy atom. The number of methoxy groups -OCH3 is 1. The number of nitrogens with zero attached hydrogens (tertiary/aromatic N) is 3. The van der Waals surface area contributed by atoms with E-state index in [1.807, 2.05) is 76.5 Å². The lowest BCUT2D eigenvalue weighted by molar-refractivity contribution is -0.116. The number of para-hydroxylation sites is 3. The van der Waals surface area contributed by atoms with Gasteiger partial charge in [0.05, 0.1) is 30.8 Å². The van der Waals surface area contributed by atoms with Gasteiger partial charge in [0.2, 0.25) is 5.91 Å². The number of benzene rings is 3. The zero-order valence-corrected chi connectivity index (χ0v) is 20.0. The first-order valence-electron chi connectivity index (χ1n) is 11.4. The molecule has 0 spiro atoms. The van der Waals surface area contributed by atoms with Gasteiger partial charge in [-0.1, -0.05) is 36.4 Å². The van der Waals surface area contributed by atoms with Crippen LogP contribution in [0, 0.1) is 0 Å². The van der Waals surface area contributed by atoms with Crippen molar-refractivity contribution in [2.24, 2.45) is 0 Å². The lowest BCUT2D eigenvalue weighted by Crippen LogP contribution is -2.48. The topological polar surface area (TPSA) is 53.1 Å². The third-order valence-electron chi connectivity index (χ3n) is 6.32. The fourth-order valence-electron chi connectivity index (χ4n) is 4.54. The molecule has 0 aliphatic carbocycles. The molecule has 0 unspecified atom stereocenters. The Bertz CT molecular complexity index is 1210. The van der Waals surface area contributed by atoms with Crippen LogP contribution in [0.25, 0.3) is 0 Å². The number of piperazine rings is 1. The summed E-state index contributed by atoms with van der Waals surface area (Å²) < 4.78 is 5.50. The molecule has 0 radical (unpaired) electrons. The molecule has 1 fully saturated rings. The number of fused-ring (bicyclic) bond motifs is 1. The minimum absolute atomic E-state index is 0.0300. The van der Waals surface area contributed by atoms with Crippen molar-refractivity contribution in [3.63, 3.8) is 0 Å². The molecule has 2 aliphatic heterocycles. The number of carbonyl (C=O) groups is 2. The van der Waals surface area contributed by atoms with Crippen LogP contribution in [-0.4, -0.2) is 55.8 Å². The molecule has 0 N–H and O–H groups in total. The average molecular weight is 474 g/mol. The number of hydrogen-bond donors (Lipinski definition) is 0. The van der Waals surface area contributed by atoms with Crippen LogP contribution in [0.1, 0.15) is 15.9 Å². The maximum Gasteiger partial charge on any atom is 0.253 e. The van der Waals surface area contributed by atoms with E-state index in [4.69, 9.17) is 4.74 Å². The lowest BCUT2D eigenvalue weighted by atomic mass is 10.1. The van der Waals surface area contributed by atoms with Gasteiger partial charge in [0.25, 0.3) is 5.91 Å². The molecule has 1 saturated heterocycles. The van der Waals surface area contributed by atoms with Gasteiger partial charge < -0.3 is 19.4 Å². The molecule has 34 heavy (non-hydrogen) atoms. The van der Waals surface area contributed by atoms with Gasteiger partial charge in [0.15, 0.2) is 0 Å². The highest BCUT2D eigenvalue weighted by atomic mass is 32.2. The van der Waals surface area contributed by atoms with Crippen LogP contribution in [0.2, 0.25) is 0 Å². The molecular weight excluding hydrogens is 446 g/mol. The summed E-state index contributed by atoms with van der Waals surface area (Å²) in [6.45, 7) is 3.26. The summed E-state index contributed by atoms with van der Waals surface area (Å²) >= 11 is 1.57. The van der Waals surface area contributed by atoms with Crippen LogP contribution >= 0.6 is 11.8 Å². The maximum atomic E-state index is 13.3. The van der Waals surface area contributed by atoms with Gasteiger partial charge in [-0.05, 0) is 42.0 Å². The summed E-state index contributed by atoms with van der Waals surface area (Å²) in [5.41, 5.74) is 3.61. The summed E-state index contributed by atoms with van der Waals surface area (Å²) in [5.74, 6) is 1.41. The van der Waals surface area contributed by atoms with E-state index in [2.05, 4.69) is 11.0 Å². The number of hydrogen-bond acceptors (Lipinski definition) is 5. The Morgan fingerprint density at radius 3 is 2.44 bits per heavy atom. The fraction of sp³-hybridized carbons (Fsp3) is 0.259. The summed E-state index contributed by atoms with van der Waals surface area (Å²) in [6.07, 6.45) is 0. The predicted molar refractivity (Wildman–Crippen MR) is 136 cm³/mol. The largest absolute Gasteiger partial charge is 0.495 e. The first-order valence-corrected chi connectivity index (χ1v) is 12.4. The number of rotatable bonds is 5. The first-order chi connectivity index (χ1) is 16.6. The van der Waals surface area contributed by atoms with E-state index in [-0.39, 0.29) is 11.8 Å². The Hall–Kier alpha value is -3.45. The molecule has 5 rings (SSSR count). The average Bonchev–Trinajstić information content (AvgIpc) is 2.90. The highest BCUT2D eigenvalue weighted by Gasteiger charge is 2.26. The molecule has 3 aromatic rings. The number of anilines is 2. The van der Waals surface area contributed by atoms with Crippen molar-refractivity contribution >= 4 is 35.0 Å². The summed E-state index contributed by atoms with van der Waals surface area (Å²) in [7, 11) is 1.68. The van der Waals surface area contributed by atoms with E-state index in [9.17, 15) is 9.59 Å². The number of amides is 2. The number of carbonyl (C=O) groups excluding carboxylic acids is 2. The molecule has 6 nitrogen and oxygen atoms in total. The Morgan fingerprint density at radius 2 is 1.65 bits per heavy atom. The Balaban J connectivity index is 1.27. The molecule has 7 heteroatoms. The van der Waals surface area contributed by atoms with Crippen LogP contribution in [0.3, 0.4) is 0 Å². The summed E-state index contributed by atoms with van der Waals surface area (Å²) in [5, 5.41) is 0. The summed E-state index contributed by atoms with van der Waals surface area (Å²) in [6, 6.07) is 23.6. The van der Waals surface area contributed by atoms with Gasteiger partial charge >= 0.3 is 0 Å². The number of thioether (sulfide) groups is 1. The van der Waals surface area contributed by atoms with Crippen molar-refractivity contribution < 1.29 is 14.3 Å². The van der Waals surface area contributed by atoms with Gasteiger partial charge in [-0.3, -0.25) is 9.59 Å². The van der Waals surface area contributed by atoms with Gasteiger partial charge in [-0.15, -0.1) is 11.8 Å². The third-order valence-corrected chi connectivity index (χ3v) is 7.36. The highest BCUT2D eigenvalue weighted by molar-refractivity contribution is 8.00. The van der Waals surface area contributed by atoms with Gasteiger partial charge in [0, 0.05) is 36.6 Å². The van der Waals surface area contributed by atoms with Gasteiger partial charge in [0.1, 0.15) is 5.75 Å². The minimum Gasteiger partial charge on any atom is -0.495 e. The van der Waals surface area contributed by atoms with Crippen molar-refractivity contribution in [3.05, 3.63) is 83.9 Å². The van der Waals surface area contributed by atoms with Gasteiger partial charge in [-0.2, -0.15) is 0 Å². The van der Waals surface area contributed by atoms with Crippen molar-refractivity contribution in [1.29, 1.82) is 0 Å². The molecule has 0 atom stereocenters. The van der Waals surface area contributed by atoms with E-state index in [1.54, 1.807) is 18.9 Å². The van der Waals surface area contributed by atoms with Crippen molar-refractivity contribution in [3.8, 4) is 5.75 Å². The maximum absolute atomic E-state index is 13.3. The second-order valence-corrected chi connectivity index (χ2v) is 9.40. The highest BCUT2D eigenvalue weighted by Crippen LogP contribution is 2.36. The van der Waals surface area contributed by atoms with Gasteiger partial charge in [-0.25, -0.2) is 0 Å². The third kappa shape index (κ3) is 4.48. The molecule has 3 aromatic carbocycles. The van der Waals surface area contributed by atoms with Crippen LogP contribution < -0.4 is 14.5 Å². The smallest absolute Gasteiger partial charge is 0.253 e. The van der Waals surface area contributed by atoms with E-state index in [0.29, 0.717) is 31.0 Å². The fourth-order valence-corrected chi connectivity index (χ4v) is 5.47. The molecule has 2 aliphatic rings. The SMILES string of the molecule is COc1ccccc1N1CCN(C(=O)c2cccc(CN3C(=O)CSc4ccccc43)c2)CC1. The van der Waals surface area contributed by atoms with E-state index >= 15 is 0 Å². The van der Waals surface area contributed by atoms with Crippen LogP contribution in [0.5, 0.6) is 5.75 Å². The zero-order chi connectivity index (χ0) is 23.5. The second kappa shape index (κ2) is 9.81. The van der Waals surface area contributed by atoms with E-state index in [0.717, 1.165) is 40.7 Å². The van der Waals surface area contributed by atoms with Crippen molar-refractivity contribution in [1.82, 2.24) is 4.90 Å². The van der Waals surface area contributed by atoms with Crippen molar-refractivity contribution in [2.45, 2.75) is 11.4 Å². The normalized spacial score (nSPS) is 15.8. The minimum atomic E-state index is 0.0300. The molecule has 0 saturated carbocycles. The summed E-state index contributed by atoms with van der Waals surface area (Å²) in [4.78, 5) is 33.0. The zero-order valence-electron chi connectivity index (χ0n) is 19.1. The second-order valence-electron chi connectivity index (χ2n) is 8.39. The molecule has 2 heterocycles. The molecule has 0 bridgehead atoms. The standard InChI is InChI=1S/C27H27N3O3S/c1-33-24-11-4-2-9-22(24)28-13-15-29(16-14-28)27(32)21-8-6-7-20(17-21)18-30-23-10-3-5-12-25(23)34-19-26(30)31/h2-12,17H,13-16,18-19H2,1H3. The van der Waals surface area contributed by atoms with E-state index in [1.165, 1.54) is 0 Å². The Kier molecular flexibility index (Phi) is 6.45. The van der Waals surface area contributed by atoms with Crippen LogP contribution in [-0.2, 0) is 11.3 Å². The predicted octanol–water partition coefficient (Wildman–Crippen LogP) is 4.30. The van der Waals surface area contributed by atoms with Crippen LogP contribution in [0.15, 0.2) is 77.7 Å². The Labute approximate surface area is 204 Å². The molecule has 174 valence electrons. The lowest BCUT2D eigenvalue weighted by Gasteiger charge is -2.36. The monoisotopic (exact) mass is 473 g/mol. The van der Waals surface area contributed by atoms with Crippen molar-refractivity contribution in [2.75, 3.05) is 48.8 Å². The van der Waals surface area contributed by atoms with Crippen LogP contribution in [0.4, 0.5) is 11.4 Å². The molecule has 0 aromatic heterocycles.